The molecule has 0 saturated carbocycles. The second-order valence-electron chi connectivity index (χ2n) is 2.91. The molecule has 5 nitrogen and oxygen atoms in total. The van der Waals surface area contributed by atoms with Crippen LogP contribution in [0.5, 0.6) is 0 Å². The number of carbonyl (C=O) groups is 2. The van der Waals surface area contributed by atoms with Gasteiger partial charge in [0.2, 0.25) is 0 Å². The van der Waals surface area contributed by atoms with E-state index in [0.717, 1.165) is 18.2 Å². The van der Waals surface area contributed by atoms with Crippen molar-refractivity contribution in [1.82, 2.24) is 0 Å². The lowest BCUT2D eigenvalue weighted by Crippen LogP contribution is -2.22. The smallest absolute Gasteiger partial charge is 0.478 e. The molecule has 17 heavy (non-hydrogen) atoms. The Balaban J connectivity index is 3.19. The van der Waals surface area contributed by atoms with Gasteiger partial charge in [0, 0.05) is 5.69 Å². The van der Waals surface area contributed by atoms with Gasteiger partial charge in [-0.05, 0) is 12.1 Å². The van der Waals surface area contributed by atoms with E-state index in [-0.39, 0.29) is 5.69 Å². The van der Waals surface area contributed by atoms with Crippen LogP contribution in [0.25, 0.3) is 0 Å². The van der Waals surface area contributed by atoms with Crippen molar-refractivity contribution in [1.29, 1.82) is 0 Å². The summed E-state index contributed by atoms with van der Waals surface area (Å²) in [5, 5.41) is 8.72. The highest BCUT2D eigenvalue weighted by molar-refractivity contribution is 6.06. The van der Waals surface area contributed by atoms with E-state index in [2.05, 4.69) is 4.74 Å². The molecule has 0 aromatic heterocycles. The molecule has 0 heterocycles. The molecule has 0 spiro atoms. The third-order valence-electron chi connectivity index (χ3n) is 1.74. The van der Waals surface area contributed by atoms with Crippen molar-refractivity contribution in [2.24, 2.45) is 0 Å². The zero-order chi connectivity index (χ0) is 13.2. The number of carboxylic acid groups (broad SMARTS) is 1. The van der Waals surface area contributed by atoms with Gasteiger partial charge in [0.05, 0.1) is 11.1 Å². The van der Waals surface area contributed by atoms with Crippen LogP contribution >= 0.6 is 0 Å². The third-order valence-corrected chi connectivity index (χ3v) is 1.74. The Hall–Kier alpha value is -2.25. The van der Waals surface area contributed by atoms with Crippen molar-refractivity contribution in [3.05, 3.63) is 29.3 Å². The maximum atomic E-state index is 11.8. The van der Waals surface area contributed by atoms with Crippen LogP contribution < -0.4 is 5.73 Å². The number of hydrogen-bond acceptors (Lipinski definition) is 4. The zero-order valence-electron chi connectivity index (χ0n) is 8.12. The Morgan fingerprint density at radius 3 is 2.35 bits per heavy atom. The SMILES string of the molecule is Nc1cccc(C(=O)OC(F)(F)F)c1C(=O)O. The van der Waals surface area contributed by atoms with E-state index in [0.29, 0.717) is 0 Å². The summed E-state index contributed by atoms with van der Waals surface area (Å²) < 4.78 is 38.5. The van der Waals surface area contributed by atoms with Gasteiger partial charge in [0.1, 0.15) is 0 Å². The Bertz CT molecular complexity index is 470. The van der Waals surface area contributed by atoms with Crippen molar-refractivity contribution in [2.75, 3.05) is 5.73 Å². The van der Waals surface area contributed by atoms with Crippen molar-refractivity contribution in [3.8, 4) is 0 Å². The van der Waals surface area contributed by atoms with E-state index < -0.39 is 29.4 Å². The van der Waals surface area contributed by atoms with Crippen molar-refractivity contribution < 1.29 is 32.6 Å². The number of aromatic carboxylic acids is 1. The van der Waals surface area contributed by atoms with Crippen LogP contribution in [-0.2, 0) is 4.74 Å². The number of carboxylic acids is 1. The molecule has 0 atom stereocenters. The fourth-order valence-electron chi connectivity index (χ4n) is 1.14. The second-order valence-corrected chi connectivity index (χ2v) is 2.91. The minimum Gasteiger partial charge on any atom is -0.478 e. The number of anilines is 1. The minimum atomic E-state index is -5.18. The highest BCUT2D eigenvalue weighted by Crippen LogP contribution is 2.23. The van der Waals surface area contributed by atoms with Gasteiger partial charge in [-0.3, -0.25) is 0 Å². The topological polar surface area (TPSA) is 89.6 Å². The molecule has 1 aromatic rings. The number of alkyl halides is 3. The lowest BCUT2D eigenvalue weighted by molar-refractivity contribution is -0.291. The maximum Gasteiger partial charge on any atom is 0.575 e. The molecule has 0 aliphatic heterocycles. The van der Waals surface area contributed by atoms with Gasteiger partial charge in [0.15, 0.2) is 0 Å². The molecule has 0 aliphatic rings. The first-order valence-electron chi connectivity index (χ1n) is 4.14. The lowest BCUT2D eigenvalue weighted by atomic mass is 10.1. The van der Waals surface area contributed by atoms with Crippen LogP contribution in [0.15, 0.2) is 18.2 Å². The van der Waals surface area contributed by atoms with Gasteiger partial charge < -0.3 is 15.6 Å². The molecule has 1 rings (SSSR count). The molecule has 0 unspecified atom stereocenters. The first-order valence-corrected chi connectivity index (χ1v) is 4.14. The van der Waals surface area contributed by atoms with Crippen LogP contribution in [-0.4, -0.2) is 23.4 Å². The first kappa shape index (κ1) is 12.8. The van der Waals surface area contributed by atoms with Crippen LogP contribution in [0.2, 0.25) is 0 Å². The largest absolute Gasteiger partial charge is 0.575 e. The van der Waals surface area contributed by atoms with Crippen LogP contribution in [0.1, 0.15) is 20.7 Å². The summed E-state index contributed by atoms with van der Waals surface area (Å²) in [7, 11) is 0. The van der Waals surface area contributed by atoms with Gasteiger partial charge in [-0.25, -0.2) is 9.59 Å². The fourth-order valence-corrected chi connectivity index (χ4v) is 1.14. The molecule has 0 fully saturated rings. The van der Waals surface area contributed by atoms with Crippen LogP contribution in [0.4, 0.5) is 18.9 Å². The van der Waals surface area contributed by atoms with Crippen molar-refractivity contribution in [2.45, 2.75) is 6.36 Å². The van der Waals surface area contributed by atoms with Gasteiger partial charge in [-0.1, -0.05) is 6.07 Å². The zero-order valence-corrected chi connectivity index (χ0v) is 8.12. The molecule has 8 heteroatoms. The van der Waals surface area contributed by atoms with Crippen molar-refractivity contribution in [3.63, 3.8) is 0 Å². The predicted molar refractivity (Wildman–Crippen MR) is 49.3 cm³/mol. The summed E-state index contributed by atoms with van der Waals surface area (Å²) in [5.74, 6) is -3.43. The van der Waals surface area contributed by atoms with E-state index in [1.807, 2.05) is 0 Å². The van der Waals surface area contributed by atoms with Crippen LogP contribution in [0, 0.1) is 0 Å². The molecule has 0 aliphatic carbocycles. The molecule has 0 saturated heterocycles. The third kappa shape index (κ3) is 3.10. The van der Waals surface area contributed by atoms with Gasteiger partial charge >= 0.3 is 18.3 Å². The average molecular weight is 249 g/mol. The quantitative estimate of drug-likeness (QED) is 0.614. The first-order chi connectivity index (χ1) is 7.72. The highest BCUT2D eigenvalue weighted by Gasteiger charge is 2.35. The van der Waals surface area contributed by atoms with E-state index in [4.69, 9.17) is 10.8 Å². The maximum absolute atomic E-state index is 11.8. The van der Waals surface area contributed by atoms with Crippen LogP contribution in [0.3, 0.4) is 0 Å². The predicted octanol–water partition coefficient (Wildman–Crippen LogP) is 1.64. The molecular formula is C9H6F3NO4. The molecule has 0 amide bonds. The Morgan fingerprint density at radius 2 is 1.88 bits per heavy atom. The summed E-state index contributed by atoms with van der Waals surface area (Å²) in [6.45, 7) is 0. The lowest BCUT2D eigenvalue weighted by Gasteiger charge is -2.10. The van der Waals surface area contributed by atoms with Gasteiger partial charge in [-0.15, -0.1) is 13.2 Å². The number of carbonyl (C=O) groups excluding carboxylic acids is 1. The molecule has 1 aromatic carbocycles. The number of nitrogen functional groups attached to an aromatic ring is 1. The van der Waals surface area contributed by atoms with Gasteiger partial charge in [-0.2, -0.15) is 0 Å². The normalized spacial score (nSPS) is 11.0. The summed E-state index contributed by atoms with van der Waals surface area (Å²) in [6, 6.07) is 3.18. The monoisotopic (exact) mass is 249 g/mol. The number of ether oxygens (including phenoxy) is 1. The molecule has 0 bridgehead atoms. The number of rotatable bonds is 2. The number of esters is 1. The summed E-state index contributed by atoms with van der Waals surface area (Å²) in [4.78, 5) is 21.8. The van der Waals surface area contributed by atoms with Gasteiger partial charge in [0.25, 0.3) is 0 Å². The summed E-state index contributed by atoms with van der Waals surface area (Å²) in [5.41, 5.74) is 3.45. The van der Waals surface area contributed by atoms with E-state index in [1.54, 1.807) is 0 Å². The number of benzene rings is 1. The van der Waals surface area contributed by atoms with Crippen molar-refractivity contribution >= 4 is 17.6 Å². The minimum absolute atomic E-state index is 0.325. The Kier molecular flexibility index (Phi) is 3.26. The van der Waals surface area contributed by atoms with E-state index in [1.165, 1.54) is 0 Å². The standard InChI is InChI=1S/C9H6F3NO4/c10-9(11,12)17-8(16)4-2-1-3-5(13)6(4)7(14)15/h1-3H,13H2,(H,14,15). The highest BCUT2D eigenvalue weighted by atomic mass is 19.4. The molecule has 0 radical (unpaired) electrons. The molecule has 3 N–H and O–H groups in total. The number of halogens is 3. The number of nitrogens with two attached hydrogens (primary N) is 1. The summed E-state index contributed by atoms with van der Waals surface area (Å²) >= 11 is 0. The van der Waals surface area contributed by atoms with E-state index >= 15 is 0 Å². The molecule has 92 valence electrons. The molecular weight excluding hydrogens is 243 g/mol. The Labute approximate surface area is 92.6 Å². The fraction of sp³-hybridized carbons (Fsp3) is 0.111. The Morgan fingerprint density at radius 1 is 1.29 bits per heavy atom. The second kappa shape index (κ2) is 4.32. The number of hydrogen-bond donors (Lipinski definition) is 2. The van der Waals surface area contributed by atoms with E-state index in [9.17, 15) is 22.8 Å². The summed E-state index contributed by atoms with van der Waals surface area (Å²) in [6.07, 6.45) is -5.18. The average Bonchev–Trinajstić information content (AvgIpc) is 2.13.